The number of thioether (sulfide) groups is 1. The molecule has 0 radical (unpaired) electrons. The number of hydrogen-bond donors (Lipinski definition) is 1. The quantitative estimate of drug-likeness (QED) is 0.648. The van der Waals surface area contributed by atoms with Crippen LogP contribution in [0.3, 0.4) is 0 Å². The third kappa shape index (κ3) is 5.34. The first-order valence-electron chi connectivity index (χ1n) is 9.53. The Morgan fingerprint density at radius 2 is 1.93 bits per heavy atom. The molecule has 2 aromatic carbocycles. The van der Waals surface area contributed by atoms with Crippen LogP contribution in [0, 0.1) is 6.92 Å². The highest BCUT2D eigenvalue weighted by Crippen LogP contribution is 2.32. The van der Waals surface area contributed by atoms with E-state index in [4.69, 9.17) is 16.3 Å². The first kappa shape index (κ1) is 22.2. The fourth-order valence-corrected chi connectivity index (χ4v) is 3.89. The molecule has 2 aromatic rings. The van der Waals surface area contributed by atoms with Gasteiger partial charge in [0.15, 0.2) is 6.61 Å². The smallest absolute Gasteiger partial charge is 0.289 e. The van der Waals surface area contributed by atoms with Crippen molar-refractivity contribution < 1.29 is 19.1 Å². The molecule has 0 bridgehead atoms. The monoisotopic (exact) mass is 446 g/mol. The van der Waals surface area contributed by atoms with Gasteiger partial charge in [0, 0.05) is 10.7 Å². The van der Waals surface area contributed by atoms with Crippen molar-refractivity contribution in [1.29, 1.82) is 0 Å². The lowest BCUT2D eigenvalue weighted by atomic mass is 10.0. The number of halogens is 1. The van der Waals surface area contributed by atoms with E-state index < -0.39 is 0 Å². The molecule has 8 heteroatoms. The summed E-state index contributed by atoms with van der Waals surface area (Å²) in [4.78, 5) is 36.9. The molecule has 0 saturated carbocycles. The number of carbonyl (C=O) groups excluding carboxylic acids is 3. The lowest BCUT2D eigenvalue weighted by Gasteiger charge is -2.16. The van der Waals surface area contributed by atoms with Gasteiger partial charge >= 0.3 is 0 Å². The van der Waals surface area contributed by atoms with Crippen molar-refractivity contribution in [3.05, 3.63) is 58.1 Å². The van der Waals surface area contributed by atoms with Crippen molar-refractivity contribution in [3.63, 3.8) is 0 Å². The summed E-state index contributed by atoms with van der Waals surface area (Å²) in [5, 5.41) is 3.23. The molecular weight excluding hydrogens is 424 g/mol. The summed E-state index contributed by atoms with van der Waals surface area (Å²) in [6, 6.07) is 10.7. The SMILES string of the molecule is Cc1cc(OCC(=O)Nc2ccc(CN3C(=O)CSC3=O)cc2)c(C(C)C)cc1Cl. The third-order valence-electron chi connectivity index (χ3n) is 4.69. The lowest BCUT2D eigenvalue weighted by molar-refractivity contribution is -0.125. The summed E-state index contributed by atoms with van der Waals surface area (Å²) in [5.74, 6) is 0.583. The Kier molecular flexibility index (Phi) is 7.05. The predicted molar refractivity (Wildman–Crippen MR) is 119 cm³/mol. The molecule has 3 amide bonds. The standard InChI is InChI=1S/C22H23ClN2O4S/c1-13(2)17-9-18(23)14(3)8-19(17)29-11-20(26)24-16-6-4-15(5-7-16)10-25-21(27)12-30-22(25)28/h4-9,13H,10-12H2,1-3H3,(H,24,26). The molecule has 6 nitrogen and oxygen atoms in total. The van der Waals surface area contributed by atoms with Gasteiger partial charge in [-0.2, -0.15) is 0 Å². The van der Waals surface area contributed by atoms with Crippen LogP contribution in [0.1, 0.15) is 36.5 Å². The minimum atomic E-state index is -0.286. The molecule has 0 aromatic heterocycles. The summed E-state index contributed by atoms with van der Waals surface area (Å²) >= 11 is 7.22. The number of amides is 3. The second kappa shape index (κ2) is 9.53. The van der Waals surface area contributed by atoms with E-state index in [-0.39, 0.29) is 41.9 Å². The Morgan fingerprint density at radius 1 is 1.23 bits per heavy atom. The lowest BCUT2D eigenvalue weighted by Crippen LogP contribution is -2.27. The van der Waals surface area contributed by atoms with Crippen molar-refractivity contribution in [3.8, 4) is 5.75 Å². The van der Waals surface area contributed by atoms with Gasteiger partial charge in [-0.3, -0.25) is 19.3 Å². The van der Waals surface area contributed by atoms with Gasteiger partial charge in [0.05, 0.1) is 12.3 Å². The normalized spacial score (nSPS) is 13.8. The number of nitrogens with one attached hydrogen (secondary N) is 1. The number of ether oxygens (including phenoxy) is 1. The minimum Gasteiger partial charge on any atom is -0.483 e. The average Bonchev–Trinajstić information content (AvgIpc) is 3.01. The number of benzene rings is 2. The summed E-state index contributed by atoms with van der Waals surface area (Å²) in [6.07, 6.45) is 0. The Labute approximate surface area is 184 Å². The van der Waals surface area contributed by atoms with Gasteiger partial charge in [0.1, 0.15) is 5.75 Å². The van der Waals surface area contributed by atoms with E-state index in [1.165, 1.54) is 4.90 Å². The Balaban J connectivity index is 1.57. The molecule has 30 heavy (non-hydrogen) atoms. The summed E-state index contributed by atoms with van der Waals surface area (Å²) in [6.45, 7) is 6.07. The van der Waals surface area contributed by atoms with Gasteiger partial charge < -0.3 is 10.1 Å². The number of imide groups is 1. The highest BCUT2D eigenvalue weighted by Gasteiger charge is 2.29. The molecular formula is C22H23ClN2O4S. The van der Waals surface area contributed by atoms with E-state index in [0.29, 0.717) is 16.5 Å². The zero-order valence-corrected chi connectivity index (χ0v) is 18.6. The van der Waals surface area contributed by atoms with Gasteiger partial charge in [0.2, 0.25) is 5.91 Å². The van der Waals surface area contributed by atoms with E-state index >= 15 is 0 Å². The first-order chi connectivity index (χ1) is 14.2. The molecule has 1 saturated heterocycles. The molecule has 1 N–H and O–H groups in total. The molecule has 1 heterocycles. The first-order valence-corrected chi connectivity index (χ1v) is 10.9. The van der Waals surface area contributed by atoms with E-state index in [0.717, 1.165) is 28.5 Å². The summed E-state index contributed by atoms with van der Waals surface area (Å²) < 4.78 is 5.75. The second-order valence-corrected chi connectivity index (χ2v) is 8.70. The zero-order chi connectivity index (χ0) is 21.8. The van der Waals surface area contributed by atoms with Crippen molar-refractivity contribution in [2.45, 2.75) is 33.2 Å². The van der Waals surface area contributed by atoms with Gasteiger partial charge in [0.25, 0.3) is 11.1 Å². The average molecular weight is 447 g/mol. The molecule has 1 fully saturated rings. The van der Waals surface area contributed by atoms with Gasteiger partial charge in [-0.25, -0.2) is 0 Å². The van der Waals surface area contributed by atoms with Crippen LogP contribution in [0.4, 0.5) is 10.5 Å². The van der Waals surface area contributed by atoms with Crippen molar-refractivity contribution >= 4 is 46.1 Å². The number of rotatable bonds is 7. The number of hydrogen-bond acceptors (Lipinski definition) is 5. The number of aryl methyl sites for hydroxylation is 1. The Hall–Kier alpha value is -2.51. The van der Waals surface area contributed by atoms with E-state index in [1.807, 2.05) is 32.9 Å². The van der Waals surface area contributed by atoms with Crippen LogP contribution in [-0.4, -0.2) is 34.3 Å². The van der Waals surface area contributed by atoms with Crippen LogP contribution in [0.2, 0.25) is 5.02 Å². The number of carbonyl (C=O) groups is 3. The Bertz CT molecular complexity index is 960. The van der Waals surface area contributed by atoms with E-state index in [9.17, 15) is 14.4 Å². The summed E-state index contributed by atoms with van der Waals surface area (Å²) in [5.41, 5.74) is 3.26. The van der Waals surface area contributed by atoms with Crippen LogP contribution >= 0.6 is 23.4 Å². The van der Waals surface area contributed by atoms with E-state index in [1.54, 1.807) is 24.3 Å². The summed E-state index contributed by atoms with van der Waals surface area (Å²) in [7, 11) is 0. The maximum absolute atomic E-state index is 12.3. The van der Waals surface area contributed by atoms with Crippen LogP contribution in [-0.2, 0) is 16.1 Å². The highest BCUT2D eigenvalue weighted by atomic mass is 35.5. The van der Waals surface area contributed by atoms with Crippen LogP contribution in [0.15, 0.2) is 36.4 Å². The molecule has 0 atom stereocenters. The molecule has 0 unspecified atom stereocenters. The topological polar surface area (TPSA) is 75.7 Å². The van der Waals surface area contributed by atoms with Gasteiger partial charge in [-0.1, -0.05) is 49.3 Å². The molecule has 1 aliphatic rings. The Morgan fingerprint density at radius 3 is 2.53 bits per heavy atom. The largest absolute Gasteiger partial charge is 0.483 e. The van der Waals surface area contributed by atoms with Gasteiger partial charge in [-0.05, 0) is 53.8 Å². The minimum absolute atomic E-state index is 0.128. The van der Waals surface area contributed by atoms with Gasteiger partial charge in [-0.15, -0.1) is 0 Å². The van der Waals surface area contributed by atoms with Crippen LogP contribution in [0.5, 0.6) is 5.75 Å². The van der Waals surface area contributed by atoms with Crippen LogP contribution < -0.4 is 10.1 Å². The third-order valence-corrected chi connectivity index (χ3v) is 5.96. The molecule has 1 aliphatic heterocycles. The second-order valence-electron chi connectivity index (χ2n) is 7.36. The fraction of sp³-hybridized carbons (Fsp3) is 0.318. The van der Waals surface area contributed by atoms with Crippen molar-refractivity contribution in [1.82, 2.24) is 4.90 Å². The maximum Gasteiger partial charge on any atom is 0.289 e. The highest BCUT2D eigenvalue weighted by molar-refractivity contribution is 8.14. The van der Waals surface area contributed by atoms with E-state index in [2.05, 4.69) is 5.32 Å². The predicted octanol–water partition coefficient (Wildman–Crippen LogP) is 4.98. The fourth-order valence-electron chi connectivity index (χ4n) is 3.00. The molecule has 0 aliphatic carbocycles. The molecule has 158 valence electrons. The molecule has 3 rings (SSSR count). The maximum atomic E-state index is 12.3. The number of anilines is 1. The number of nitrogens with zero attached hydrogens (tertiary/aromatic N) is 1. The molecule has 0 spiro atoms. The van der Waals surface area contributed by atoms with Crippen molar-refractivity contribution in [2.75, 3.05) is 17.7 Å². The van der Waals surface area contributed by atoms with Crippen LogP contribution in [0.25, 0.3) is 0 Å². The van der Waals surface area contributed by atoms with Crippen molar-refractivity contribution in [2.24, 2.45) is 0 Å². The zero-order valence-electron chi connectivity index (χ0n) is 17.0.